The molecule has 2 aromatic rings. The summed E-state index contributed by atoms with van der Waals surface area (Å²) in [6.45, 7) is 0. The number of halogens is 3. The topological polar surface area (TPSA) is 42.0 Å². The first-order valence-electron chi connectivity index (χ1n) is 4.95. The molecule has 0 bridgehead atoms. The van der Waals surface area contributed by atoms with Crippen molar-refractivity contribution in [3.8, 4) is 0 Å². The Kier molecular flexibility index (Phi) is 3.79. The lowest BCUT2D eigenvalue weighted by molar-refractivity contribution is 0.102. The molecule has 0 fully saturated rings. The van der Waals surface area contributed by atoms with Gasteiger partial charge in [0.15, 0.2) is 11.0 Å². The third kappa shape index (κ3) is 2.60. The van der Waals surface area contributed by atoms with Gasteiger partial charge in [0, 0.05) is 6.20 Å². The Morgan fingerprint density at radius 1 is 1.22 bits per heavy atom. The molecular formula is C12H7Cl2FN2O. The number of carbonyl (C=O) groups excluding carboxylic acids is 1. The van der Waals surface area contributed by atoms with E-state index in [-0.39, 0.29) is 10.7 Å². The molecule has 0 radical (unpaired) electrons. The van der Waals surface area contributed by atoms with Crippen LogP contribution < -0.4 is 5.32 Å². The van der Waals surface area contributed by atoms with Crippen molar-refractivity contribution in [2.24, 2.45) is 0 Å². The van der Waals surface area contributed by atoms with Crippen LogP contribution in [-0.4, -0.2) is 10.9 Å². The van der Waals surface area contributed by atoms with Gasteiger partial charge in [0.25, 0.3) is 5.91 Å². The molecule has 1 N–H and O–H groups in total. The number of rotatable bonds is 2. The van der Waals surface area contributed by atoms with E-state index in [0.717, 1.165) is 0 Å². The molecule has 0 aliphatic heterocycles. The number of pyridine rings is 1. The van der Waals surface area contributed by atoms with E-state index in [2.05, 4.69) is 10.3 Å². The predicted octanol–water partition coefficient (Wildman–Crippen LogP) is 3.78. The second-order valence-corrected chi connectivity index (χ2v) is 4.16. The third-order valence-electron chi connectivity index (χ3n) is 2.21. The van der Waals surface area contributed by atoms with Crippen molar-refractivity contribution in [2.75, 3.05) is 5.32 Å². The Hall–Kier alpha value is -1.65. The first kappa shape index (κ1) is 12.8. The van der Waals surface area contributed by atoms with Crippen molar-refractivity contribution in [3.63, 3.8) is 0 Å². The number of anilines is 1. The van der Waals surface area contributed by atoms with E-state index >= 15 is 0 Å². The van der Waals surface area contributed by atoms with E-state index in [0.29, 0.717) is 10.7 Å². The molecule has 18 heavy (non-hydrogen) atoms. The van der Waals surface area contributed by atoms with Gasteiger partial charge >= 0.3 is 0 Å². The summed E-state index contributed by atoms with van der Waals surface area (Å²) in [6, 6.07) is 7.90. The molecule has 0 saturated carbocycles. The zero-order chi connectivity index (χ0) is 13.1. The monoisotopic (exact) mass is 284 g/mol. The fraction of sp³-hybridized carbons (Fsp3) is 0. The minimum Gasteiger partial charge on any atom is -0.321 e. The molecular weight excluding hydrogens is 278 g/mol. The highest BCUT2D eigenvalue weighted by molar-refractivity contribution is 6.34. The molecule has 0 atom stereocenters. The molecule has 2 rings (SSSR count). The lowest BCUT2D eigenvalue weighted by Gasteiger charge is -2.07. The zero-order valence-corrected chi connectivity index (χ0v) is 10.5. The number of nitrogens with one attached hydrogen (secondary N) is 1. The third-order valence-corrected chi connectivity index (χ3v) is 2.81. The van der Waals surface area contributed by atoms with Crippen molar-refractivity contribution in [2.45, 2.75) is 0 Å². The van der Waals surface area contributed by atoms with Crippen LogP contribution in [-0.2, 0) is 0 Å². The zero-order valence-electron chi connectivity index (χ0n) is 8.95. The molecule has 92 valence electrons. The van der Waals surface area contributed by atoms with Gasteiger partial charge in [-0.1, -0.05) is 35.3 Å². The summed E-state index contributed by atoms with van der Waals surface area (Å²) in [4.78, 5) is 15.4. The van der Waals surface area contributed by atoms with E-state index in [9.17, 15) is 9.18 Å². The molecule has 1 amide bonds. The van der Waals surface area contributed by atoms with Crippen LogP contribution in [0.25, 0.3) is 0 Å². The highest BCUT2D eigenvalue weighted by Gasteiger charge is 2.15. The van der Waals surface area contributed by atoms with E-state index in [1.54, 1.807) is 24.3 Å². The highest BCUT2D eigenvalue weighted by atomic mass is 35.5. The van der Waals surface area contributed by atoms with E-state index in [4.69, 9.17) is 23.2 Å². The molecule has 0 unspecified atom stereocenters. The van der Waals surface area contributed by atoms with Crippen LogP contribution in [0.5, 0.6) is 0 Å². The Morgan fingerprint density at radius 3 is 2.67 bits per heavy atom. The number of aromatic nitrogens is 1. The lowest BCUT2D eigenvalue weighted by Crippen LogP contribution is -2.14. The molecule has 3 nitrogen and oxygen atoms in total. The Balaban J connectivity index is 2.28. The van der Waals surface area contributed by atoms with Crippen LogP contribution in [0.2, 0.25) is 10.2 Å². The van der Waals surface area contributed by atoms with Gasteiger partial charge in [-0.05, 0) is 18.2 Å². The SMILES string of the molecule is O=C(Nc1ccccc1Cl)c1ccnc(Cl)c1F. The average molecular weight is 285 g/mol. The van der Waals surface area contributed by atoms with Gasteiger partial charge < -0.3 is 5.32 Å². The molecule has 0 spiro atoms. The Bertz CT molecular complexity index is 604. The van der Waals surface area contributed by atoms with Crippen LogP contribution in [0.15, 0.2) is 36.5 Å². The average Bonchev–Trinajstić information content (AvgIpc) is 2.35. The van der Waals surface area contributed by atoms with Crippen molar-refractivity contribution in [1.29, 1.82) is 0 Å². The number of para-hydroxylation sites is 1. The van der Waals surface area contributed by atoms with Crippen LogP contribution >= 0.6 is 23.2 Å². The first-order valence-corrected chi connectivity index (χ1v) is 5.71. The first-order chi connectivity index (χ1) is 8.59. The molecule has 0 aliphatic carbocycles. The molecule has 1 aromatic heterocycles. The van der Waals surface area contributed by atoms with E-state index < -0.39 is 11.7 Å². The van der Waals surface area contributed by atoms with Crippen LogP contribution in [0.1, 0.15) is 10.4 Å². The van der Waals surface area contributed by atoms with Gasteiger partial charge in [-0.3, -0.25) is 4.79 Å². The minimum absolute atomic E-state index is 0.185. The number of nitrogens with zero attached hydrogens (tertiary/aromatic N) is 1. The molecule has 0 aliphatic rings. The van der Waals surface area contributed by atoms with Gasteiger partial charge in [0.1, 0.15) is 0 Å². The lowest BCUT2D eigenvalue weighted by atomic mass is 10.2. The fourth-order valence-electron chi connectivity index (χ4n) is 1.35. The smallest absolute Gasteiger partial charge is 0.258 e. The number of carbonyl (C=O) groups is 1. The number of hydrogen-bond donors (Lipinski definition) is 1. The summed E-state index contributed by atoms with van der Waals surface area (Å²) < 4.78 is 13.6. The van der Waals surface area contributed by atoms with Crippen molar-refractivity contribution < 1.29 is 9.18 Å². The Morgan fingerprint density at radius 2 is 1.94 bits per heavy atom. The maximum Gasteiger partial charge on any atom is 0.258 e. The summed E-state index contributed by atoms with van der Waals surface area (Å²) in [5, 5.41) is 2.52. The van der Waals surface area contributed by atoms with E-state index in [1.165, 1.54) is 12.3 Å². The van der Waals surface area contributed by atoms with E-state index in [1.807, 2.05) is 0 Å². The van der Waals surface area contributed by atoms with Gasteiger partial charge in [-0.2, -0.15) is 0 Å². The second-order valence-electron chi connectivity index (χ2n) is 3.40. The Labute approximate surface area is 113 Å². The minimum atomic E-state index is -0.858. The molecule has 0 saturated heterocycles. The van der Waals surface area contributed by atoms with Gasteiger partial charge in [-0.25, -0.2) is 9.37 Å². The maximum absolute atomic E-state index is 13.6. The van der Waals surface area contributed by atoms with Crippen LogP contribution in [0.4, 0.5) is 10.1 Å². The van der Waals surface area contributed by atoms with Crippen molar-refractivity contribution >= 4 is 34.8 Å². The van der Waals surface area contributed by atoms with Gasteiger partial charge in [-0.15, -0.1) is 0 Å². The standard InChI is InChI=1S/C12H7Cl2FN2O/c13-8-3-1-2-4-9(8)17-12(18)7-5-6-16-11(14)10(7)15/h1-6H,(H,17,18). The van der Waals surface area contributed by atoms with Crippen molar-refractivity contribution in [3.05, 3.63) is 58.1 Å². The van der Waals surface area contributed by atoms with Crippen LogP contribution in [0.3, 0.4) is 0 Å². The second kappa shape index (κ2) is 5.33. The molecule has 1 heterocycles. The quantitative estimate of drug-likeness (QED) is 0.853. The molecule has 1 aromatic carbocycles. The summed E-state index contributed by atoms with van der Waals surface area (Å²) >= 11 is 11.4. The largest absolute Gasteiger partial charge is 0.321 e. The van der Waals surface area contributed by atoms with Gasteiger partial charge in [0.05, 0.1) is 16.3 Å². The van der Waals surface area contributed by atoms with Crippen molar-refractivity contribution in [1.82, 2.24) is 4.98 Å². The summed E-state index contributed by atoms with van der Waals surface area (Å²) in [5.74, 6) is -1.49. The fourth-order valence-corrected chi connectivity index (χ4v) is 1.69. The maximum atomic E-state index is 13.6. The van der Waals surface area contributed by atoms with Crippen LogP contribution in [0, 0.1) is 5.82 Å². The summed E-state index contributed by atoms with van der Waals surface area (Å²) in [5.41, 5.74) is 0.214. The summed E-state index contributed by atoms with van der Waals surface area (Å²) in [6.07, 6.45) is 1.26. The van der Waals surface area contributed by atoms with Gasteiger partial charge in [0.2, 0.25) is 0 Å². The molecule has 6 heteroatoms. The normalized spacial score (nSPS) is 10.2. The predicted molar refractivity (Wildman–Crippen MR) is 68.6 cm³/mol. The highest BCUT2D eigenvalue weighted by Crippen LogP contribution is 2.22. The number of hydrogen-bond acceptors (Lipinski definition) is 2. The summed E-state index contributed by atoms with van der Waals surface area (Å²) in [7, 11) is 0. The number of benzene rings is 1. The number of amides is 1.